The van der Waals surface area contributed by atoms with E-state index in [2.05, 4.69) is 9.88 Å². The van der Waals surface area contributed by atoms with E-state index in [1.165, 1.54) is 0 Å². The Hall–Kier alpha value is -1.20. The molecular weight excluding hydrogens is 246 g/mol. The number of pyridine rings is 1. The van der Waals surface area contributed by atoms with Gasteiger partial charge in [0.25, 0.3) is 0 Å². The van der Waals surface area contributed by atoms with Crippen molar-refractivity contribution in [3.8, 4) is 0 Å². The van der Waals surface area contributed by atoms with Crippen molar-refractivity contribution in [2.24, 2.45) is 5.73 Å². The van der Waals surface area contributed by atoms with Crippen molar-refractivity contribution in [2.75, 3.05) is 11.4 Å². The molecule has 4 nitrogen and oxygen atoms in total. The first-order valence-corrected chi connectivity index (χ1v) is 6.69. The lowest BCUT2D eigenvalue weighted by Gasteiger charge is -2.27. The molecule has 5 heteroatoms. The number of aromatic nitrogens is 1. The van der Waals surface area contributed by atoms with E-state index in [0.29, 0.717) is 16.7 Å². The molecule has 1 aromatic rings. The molecule has 98 valence electrons. The lowest BCUT2D eigenvalue weighted by molar-refractivity contribution is 0.175. The number of hydrogen-bond acceptors (Lipinski definition) is 4. The Morgan fingerprint density at radius 3 is 3.00 bits per heavy atom. The molecule has 1 saturated heterocycles. The summed E-state index contributed by atoms with van der Waals surface area (Å²) in [6.07, 6.45) is 4.64. The number of thiocarbonyl (C=S) groups is 1. The van der Waals surface area contributed by atoms with Crippen molar-refractivity contribution in [3.05, 3.63) is 24.0 Å². The number of rotatable bonds is 4. The zero-order valence-electron chi connectivity index (χ0n) is 10.5. The summed E-state index contributed by atoms with van der Waals surface area (Å²) in [6.45, 7) is 2.86. The fraction of sp³-hybridized carbons (Fsp3) is 0.538. The average Bonchev–Trinajstić information content (AvgIpc) is 2.76. The SMILES string of the molecule is CC(O)CC1CCCN1c1ccc(C(N)=S)nc1. The Bertz CT molecular complexity index is 419. The van der Waals surface area contributed by atoms with Crippen LogP contribution in [0.5, 0.6) is 0 Å². The summed E-state index contributed by atoms with van der Waals surface area (Å²) >= 11 is 4.89. The molecule has 2 heterocycles. The molecule has 1 fully saturated rings. The second-order valence-corrected chi connectivity index (χ2v) is 5.28. The standard InChI is InChI=1S/C13H19N3OS/c1-9(17)7-10-3-2-6-16(10)11-4-5-12(13(14)18)15-8-11/h4-5,8-10,17H,2-3,6-7H2,1H3,(H2,14,18). The van der Waals surface area contributed by atoms with Gasteiger partial charge in [-0.2, -0.15) is 0 Å². The zero-order valence-corrected chi connectivity index (χ0v) is 11.4. The minimum Gasteiger partial charge on any atom is -0.393 e. The van der Waals surface area contributed by atoms with Gasteiger partial charge >= 0.3 is 0 Å². The maximum atomic E-state index is 9.52. The molecule has 0 spiro atoms. The van der Waals surface area contributed by atoms with Crippen molar-refractivity contribution >= 4 is 22.9 Å². The molecule has 3 N–H and O–H groups in total. The highest BCUT2D eigenvalue weighted by Gasteiger charge is 2.25. The van der Waals surface area contributed by atoms with E-state index in [-0.39, 0.29) is 6.10 Å². The van der Waals surface area contributed by atoms with Crippen molar-refractivity contribution in [1.29, 1.82) is 0 Å². The van der Waals surface area contributed by atoms with Crippen LogP contribution >= 0.6 is 12.2 Å². The van der Waals surface area contributed by atoms with Crippen LogP contribution < -0.4 is 10.6 Å². The van der Waals surface area contributed by atoms with Crippen LogP contribution in [0.25, 0.3) is 0 Å². The molecule has 18 heavy (non-hydrogen) atoms. The van der Waals surface area contributed by atoms with Gasteiger partial charge in [0.2, 0.25) is 0 Å². The quantitative estimate of drug-likeness (QED) is 0.807. The van der Waals surface area contributed by atoms with E-state index in [9.17, 15) is 5.11 Å². The molecule has 0 radical (unpaired) electrons. The Kier molecular flexibility index (Phi) is 4.14. The van der Waals surface area contributed by atoms with Crippen LogP contribution in [0.1, 0.15) is 31.9 Å². The molecule has 2 rings (SSSR count). The Balaban J connectivity index is 2.12. The first-order valence-electron chi connectivity index (χ1n) is 6.28. The highest BCUT2D eigenvalue weighted by atomic mass is 32.1. The summed E-state index contributed by atoms with van der Waals surface area (Å²) in [5, 5.41) is 9.52. The maximum Gasteiger partial charge on any atom is 0.122 e. The van der Waals surface area contributed by atoms with Crippen molar-refractivity contribution in [1.82, 2.24) is 4.98 Å². The second kappa shape index (κ2) is 5.63. The Morgan fingerprint density at radius 1 is 1.67 bits per heavy atom. The molecule has 1 aliphatic heterocycles. The van der Waals surface area contributed by atoms with Crippen LogP contribution in [0.3, 0.4) is 0 Å². The molecule has 0 saturated carbocycles. The van der Waals surface area contributed by atoms with Crippen LogP contribution in [0, 0.1) is 0 Å². The van der Waals surface area contributed by atoms with Crippen LogP contribution in [-0.2, 0) is 0 Å². The third-order valence-electron chi connectivity index (χ3n) is 3.32. The smallest absolute Gasteiger partial charge is 0.122 e. The highest BCUT2D eigenvalue weighted by molar-refractivity contribution is 7.80. The normalized spacial score (nSPS) is 21.0. The van der Waals surface area contributed by atoms with Crippen molar-refractivity contribution in [3.63, 3.8) is 0 Å². The third-order valence-corrected chi connectivity index (χ3v) is 3.53. The lowest BCUT2D eigenvalue weighted by Crippen LogP contribution is -2.32. The minimum absolute atomic E-state index is 0.264. The van der Waals surface area contributed by atoms with E-state index >= 15 is 0 Å². The number of aliphatic hydroxyl groups is 1. The van der Waals surface area contributed by atoms with Crippen LogP contribution in [0.4, 0.5) is 5.69 Å². The summed E-state index contributed by atoms with van der Waals surface area (Å²) in [7, 11) is 0. The first kappa shape index (κ1) is 13.2. The summed E-state index contributed by atoms with van der Waals surface area (Å²) in [5.74, 6) is 0. The van der Waals surface area contributed by atoms with E-state index in [0.717, 1.165) is 31.5 Å². The van der Waals surface area contributed by atoms with E-state index in [1.807, 2.05) is 25.3 Å². The number of anilines is 1. The highest BCUT2D eigenvalue weighted by Crippen LogP contribution is 2.27. The van der Waals surface area contributed by atoms with Gasteiger partial charge in [0.05, 0.1) is 23.7 Å². The molecule has 2 atom stereocenters. The topological polar surface area (TPSA) is 62.4 Å². The van der Waals surface area contributed by atoms with E-state index in [1.54, 1.807) is 0 Å². The summed E-state index contributed by atoms with van der Waals surface area (Å²) in [5.41, 5.74) is 7.27. The van der Waals surface area contributed by atoms with Gasteiger partial charge in [-0.3, -0.25) is 4.98 Å². The van der Waals surface area contributed by atoms with Gasteiger partial charge in [0.15, 0.2) is 0 Å². The molecule has 2 unspecified atom stereocenters. The van der Waals surface area contributed by atoms with Crippen LogP contribution in [0.2, 0.25) is 0 Å². The van der Waals surface area contributed by atoms with Gasteiger partial charge in [-0.25, -0.2) is 0 Å². The molecule has 0 aromatic carbocycles. The van der Waals surface area contributed by atoms with Crippen LogP contribution in [0.15, 0.2) is 18.3 Å². The Labute approximate surface area is 113 Å². The average molecular weight is 265 g/mol. The van der Waals surface area contributed by atoms with Crippen molar-refractivity contribution in [2.45, 2.75) is 38.3 Å². The van der Waals surface area contributed by atoms with Gasteiger partial charge in [-0.1, -0.05) is 12.2 Å². The number of nitrogens with zero attached hydrogens (tertiary/aromatic N) is 2. The molecule has 1 aromatic heterocycles. The number of aliphatic hydroxyl groups excluding tert-OH is 1. The number of nitrogens with two attached hydrogens (primary N) is 1. The summed E-state index contributed by atoms with van der Waals surface area (Å²) in [6, 6.07) is 4.26. The van der Waals surface area contributed by atoms with Crippen LogP contribution in [-0.4, -0.2) is 33.8 Å². The second-order valence-electron chi connectivity index (χ2n) is 4.84. The maximum absolute atomic E-state index is 9.52. The molecule has 1 aliphatic rings. The first-order chi connectivity index (χ1) is 8.58. The summed E-state index contributed by atoms with van der Waals surface area (Å²) < 4.78 is 0. The zero-order chi connectivity index (χ0) is 13.1. The Morgan fingerprint density at radius 2 is 2.44 bits per heavy atom. The largest absolute Gasteiger partial charge is 0.393 e. The third kappa shape index (κ3) is 2.97. The van der Waals surface area contributed by atoms with E-state index in [4.69, 9.17) is 18.0 Å². The predicted octanol–water partition coefficient (Wildman–Crippen LogP) is 1.46. The fourth-order valence-corrected chi connectivity index (χ4v) is 2.64. The molecule has 0 amide bonds. The predicted molar refractivity (Wildman–Crippen MR) is 76.8 cm³/mol. The van der Waals surface area contributed by atoms with Gasteiger partial charge < -0.3 is 15.7 Å². The summed E-state index contributed by atoms with van der Waals surface area (Å²) in [4.78, 5) is 6.90. The van der Waals surface area contributed by atoms with Gasteiger partial charge in [-0.05, 0) is 38.3 Å². The lowest BCUT2D eigenvalue weighted by atomic mass is 10.1. The monoisotopic (exact) mass is 265 g/mol. The van der Waals surface area contributed by atoms with Gasteiger partial charge in [-0.15, -0.1) is 0 Å². The molecule has 0 bridgehead atoms. The fourth-order valence-electron chi connectivity index (χ4n) is 2.52. The van der Waals surface area contributed by atoms with Gasteiger partial charge in [0, 0.05) is 12.6 Å². The van der Waals surface area contributed by atoms with E-state index < -0.39 is 0 Å². The minimum atomic E-state index is -0.264. The van der Waals surface area contributed by atoms with Crippen molar-refractivity contribution < 1.29 is 5.11 Å². The van der Waals surface area contributed by atoms with Gasteiger partial charge in [0.1, 0.15) is 4.99 Å². The molecule has 0 aliphatic carbocycles. The number of hydrogen-bond donors (Lipinski definition) is 2. The molecular formula is C13H19N3OS.